The quantitative estimate of drug-likeness (QED) is 0.791. The highest BCUT2D eigenvalue weighted by molar-refractivity contribution is 6.30. The molecule has 15 heavy (non-hydrogen) atoms. The average molecular weight is 227 g/mol. The van der Waals surface area contributed by atoms with Gasteiger partial charge in [0.05, 0.1) is 11.4 Å². The van der Waals surface area contributed by atoms with Gasteiger partial charge in [-0.3, -0.25) is 0 Å². The molecule has 3 nitrogen and oxygen atoms in total. The Kier molecular flexibility index (Phi) is 2.68. The second-order valence-electron chi connectivity index (χ2n) is 3.10. The van der Waals surface area contributed by atoms with Gasteiger partial charge in [-0.05, 0) is 11.6 Å². The molecule has 0 aliphatic rings. The number of halogens is 2. The Bertz CT molecular complexity index is 484. The molecule has 1 aromatic heterocycles. The van der Waals surface area contributed by atoms with E-state index in [4.69, 9.17) is 16.0 Å². The zero-order valence-corrected chi connectivity index (χ0v) is 8.75. The van der Waals surface area contributed by atoms with Crippen LogP contribution >= 0.6 is 11.6 Å². The number of rotatable bonds is 2. The van der Waals surface area contributed by atoms with Crippen molar-refractivity contribution in [1.29, 1.82) is 0 Å². The molecule has 5 heteroatoms. The highest BCUT2D eigenvalue weighted by Gasteiger charge is 2.10. The number of hydrogen-bond acceptors (Lipinski definition) is 3. The van der Waals surface area contributed by atoms with Gasteiger partial charge in [0.25, 0.3) is 0 Å². The van der Waals surface area contributed by atoms with Crippen molar-refractivity contribution >= 4 is 11.6 Å². The van der Waals surface area contributed by atoms with Crippen LogP contribution in [0.2, 0.25) is 5.02 Å². The molecule has 0 spiro atoms. The standard InChI is InChI=1S/C10H8ClFN2O/c1-6-13-14-9(15-6)5-7-3-2-4-8(11)10(7)12/h2-4H,5H2,1H3. The maximum Gasteiger partial charge on any atom is 0.221 e. The van der Waals surface area contributed by atoms with Crippen LogP contribution in [0.1, 0.15) is 17.3 Å². The van der Waals surface area contributed by atoms with Gasteiger partial charge >= 0.3 is 0 Å². The molecule has 0 atom stereocenters. The van der Waals surface area contributed by atoms with Gasteiger partial charge in [-0.15, -0.1) is 10.2 Å². The molecule has 0 bridgehead atoms. The molecule has 0 saturated heterocycles. The smallest absolute Gasteiger partial charge is 0.221 e. The van der Waals surface area contributed by atoms with Crippen molar-refractivity contribution in [3.63, 3.8) is 0 Å². The van der Waals surface area contributed by atoms with E-state index in [2.05, 4.69) is 10.2 Å². The van der Waals surface area contributed by atoms with Gasteiger partial charge in [-0.25, -0.2) is 4.39 Å². The van der Waals surface area contributed by atoms with E-state index in [1.54, 1.807) is 19.1 Å². The lowest BCUT2D eigenvalue weighted by Crippen LogP contribution is -1.93. The summed E-state index contributed by atoms with van der Waals surface area (Å²) in [4.78, 5) is 0. The van der Waals surface area contributed by atoms with Crippen LogP contribution in [0, 0.1) is 12.7 Å². The molecule has 0 unspecified atom stereocenters. The van der Waals surface area contributed by atoms with Crippen LogP contribution in [0.4, 0.5) is 4.39 Å². The minimum absolute atomic E-state index is 0.101. The first-order valence-electron chi connectivity index (χ1n) is 4.38. The predicted octanol–water partition coefficient (Wildman–Crippen LogP) is 2.76. The maximum atomic E-state index is 13.5. The summed E-state index contributed by atoms with van der Waals surface area (Å²) < 4.78 is 18.6. The molecule has 78 valence electrons. The lowest BCUT2D eigenvalue weighted by atomic mass is 10.1. The summed E-state index contributed by atoms with van der Waals surface area (Å²) >= 11 is 5.64. The minimum Gasteiger partial charge on any atom is -0.425 e. The summed E-state index contributed by atoms with van der Waals surface area (Å²) in [6, 6.07) is 4.82. The SMILES string of the molecule is Cc1nnc(Cc2cccc(Cl)c2F)o1. The first-order valence-corrected chi connectivity index (χ1v) is 4.76. The number of benzene rings is 1. The normalized spacial score (nSPS) is 10.6. The second-order valence-corrected chi connectivity index (χ2v) is 3.51. The Balaban J connectivity index is 2.28. The van der Waals surface area contributed by atoms with Gasteiger partial charge in [-0.1, -0.05) is 23.7 Å². The van der Waals surface area contributed by atoms with Crippen molar-refractivity contribution in [3.8, 4) is 0 Å². The lowest BCUT2D eigenvalue weighted by Gasteiger charge is -2.00. The maximum absolute atomic E-state index is 13.5. The van der Waals surface area contributed by atoms with E-state index >= 15 is 0 Å². The van der Waals surface area contributed by atoms with Crippen LogP contribution in [0.15, 0.2) is 22.6 Å². The van der Waals surface area contributed by atoms with Crippen molar-refractivity contribution < 1.29 is 8.81 Å². The third-order valence-electron chi connectivity index (χ3n) is 1.94. The summed E-state index contributed by atoms with van der Waals surface area (Å²) in [7, 11) is 0. The van der Waals surface area contributed by atoms with Gasteiger partial charge in [0.2, 0.25) is 11.8 Å². The summed E-state index contributed by atoms with van der Waals surface area (Å²) in [5.74, 6) is 0.413. The lowest BCUT2D eigenvalue weighted by molar-refractivity contribution is 0.473. The Morgan fingerprint density at radius 1 is 1.40 bits per heavy atom. The fraction of sp³-hybridized carbons (Fsp3) is 0.200. The monoisotopic (exact) mass is 226 g/mol. The Labute approximate surface area is 90.9 Å². The summed E-state index contributed by atoms with van der Waals surface area (Å²) in [5, 5.41) is 7.55. The Morgan fingerprint density at radius 2 is 2.20 bits per heavy atom. The number of aryl methyl sites for hydroxylation is 1. The van der Waals surface area contributed by atoms with E-state index in [9.17, 15) is 4.39 Å². The van der Waals surface area contributed by atoms with Crippen molar-refractivity contribution in [3.05, 3.63) is 46.4 Å². The number of hydrogen-bond donors (Lipinski definition) is 0. The zero-order chi connectivity index (χ0) is 10.8. The van der Waals surface area contributed by atoms with E-state index in [1.807, 2.05) is 0 Å². The van der Waals surface area contributed by atoms with Crippen molar-refractivity contribution in [1.82, 2.24) is 10.2 Å². The Hall–Kier alpha value is -1.42. The molecule has 2 rings (SSSR count). The molecule has 1 aromatic carbocycles. The van der Waals surface area contributed by atoms with E-state index in [-0.39, 0.29) is 11.4 Å². The van der Waals surface area contributed by atoms with E-state index in [0.29, 0.717) is 17.3 Å². The van der Waals surface area contributed by atoms with Gasteiger partial charge in [0.1, 0.15) is 5.82 Å². The first kappa shape index (κ1) is 10.1. The highest BCUT2D eigenvalue weighted by Crippen LogP contribution is 2.19. The molecular weight excluding hydrogens is 219 g/mol. The number of aromatic nitrogens is 2. The van der Waals surface area contributed by atoms with Crippen LogP contribution in [0.5, 0.6) is 0 Å². The zero-order valence-electron chi connectivity index (χ0n) is 8.00. The van der Waals surface area contributed by atoms with Gasteiger partial charge in [0, 0.05) is 6.92 Å². The topological polar surface area (TPSA) is 38.9 Å². The third kappa shape index (κ3) is 2.15. The minimum atomic E-state index is -0.435. The molecule has 2 aromatic rings. The molecule has 0 radical (unpaired) electrons. The third-order valence-corrected chi connectivity index (χ3v) is 2.23. The fourth-order valence-corrected chi connectivity index (χ4v) is 1.45. The average Bonchev–Trinajstić information content (AvgIpc) is 2.59. The molecule has 1 heterocycles. The fourth-order valence-electron chi connectivity index (χ4n) is 1.26. The molecule has 0 fully saturated rings. The van der Waals surface area contributed by atoms with E-state index < -0.39 is 5.82 Å². The van der Waals surface area contributed by atoms with Gasteiger partial charge in [-0.2, -0.15) is 0 Å². The van der Waals surface area contributed by atoms with Crippen molar-refractivity contribution in [2.45, 2.75) is 13.3 Å². The molecule has 0 N–H and O–H groups in total. The van der Waals surface area contributed by atoms with Crippen LogP contribution in [-0.2, 0) is 6.42 Å². The van der Waals surface area contributed by atoms with Gasteiger partial charge < -0.3 is 4.42 Å². The molecule has 0 saturated carbocycles. The largest absolute Gasteiger partial charge is 0.425 e. The molecule has 0 amide bonds. The van der Waals surface area contributed by atoms with Crippen LogP contribution < -0.4 is 0 Å². The molecule has 0 aliphatic heterocycles. The summed E-state index contributed by atoms with van der Waals surface area (Å²) in [6.07, 6.45) is 0.257. The molecular formula is C10H8ClFN2O. The second kappa shape index (κ2) is 3.98. The van der Waals surface area contributed by atoms with Crippen molar-refractivity contribution in [2.24, 2.45) is 0 Å². The highest BCUT2D eigenvalue weighted by atomic mass is 35.5. The first-order chi connectivity index (χ1) is 7.16. The summed E-state index contributed by atoms with van der Waals surface area (Å²) in [6.45, 7) is 1.69. The number of nitrogens with zero attached hydrogens (tertiary/aromatic N) is 2. The van der Waals surface area contributed by atoms with Gasteiger partial charge in [0.15, 0.2) is 0 Å². The summed E-state index contributed by atoms with van der Waals surface area (Å²) in [5.41, 5.74) is 0.450. The van der Waals surface area contributed by atoms with Crippen LogP contribution in [-0.4, -0.2) is 10.2 Å². The van der Waals surface area contributed by atoms with Crippen molar-refractivity contribution in [2.75, 3.05) is 0 Å². The van der Waals surface area contributed by atoms with E-state index in [0.717, 1.165) is 0 Å². The van der Waals surface area contributed by atoms with E-state index in [1.165, 1.54) is 6.07 Å². The molecule has 0 aliphatic carbocycles. The van der Waals surface area contributed by atoms with Crippen LogP contribution in [0.3, 0.4) is 0 Å². The predicted molar refractivity (Wildman–Crippen MR) is 53.3 cm³/mol. The Morgan fingerprint density at radius 3 is 2.87 bits per heavy atom. The van der Waals surface area contributed by atoms with Crippen LogP contribution in [0.25, 0.3) is 0 Å².